The van der Waals surface area contributed by atoms with Crippen molar-refractivity contribution in [3.63, 3.8) is 0 Å². The van der Waals surface area contributed by atoms with Gasteiger partial charge in [0.2, 0.25) is 0 Å². The molecule has 5 rings (SSSR count). The zero-order valence-electron chi connectivity index (χ0n) is 17.9. The number of nitrogens with zero attached hydrogens (tertiary/aromatic N) is 5. The van der Waals surface area contributed by atoms with Crippen LogP contribution in [0.4, 0.5) is 29.1 Å². The van der Waals surface area contributed by atoms with Gasteiger partial charge in [0, 0.05) is 19.3 Å². The van der Waals surface area contributed by atoms with Gasteiger partial charge in [0.1, 0.15) is 29.1 Å². The summed E-state index contributed by atoms with van der Waals surface area (Å²) in [4.78, 5) is 14.7. The quantitative estimate of drug-likeness (QED) is 0.547. The fourth-order valence-corrected chi connectivity index (χ4v) is 3.82. The largest absolute Gasteiger partial charge is 0.487 e. The van der Waals surface area contributed by atoms with Gasteiger partial charge in [-0.2, -0.15) is 23.4 Å². The van der Waals surface area contributed by atoms with Gasteiger partial charge >= 0.3 is 6.18 Å². The van der Waals surface area contributed by atoms with Crippen molar-refractivity contribution in [3.05, 3.63) is 53.7 Å². The van der Waals surface area contributed by atoms with Gasteiger partial charge in [0.15, 0.2) is 0 Å². The number of aromatic nitrogens is 4. The molecule has 0 atom stereocenters. The first kappa shape index (κ1) is 22.2. The van der Waals surface area contributed by atoms with E-state index in [1.54, 1.807) is 24.1 Å². The second-order valence-electron chi connectivity index (χ2n) is 8.18. The number of benzene rings is 1. The molecule has 2 saturated heterocycles. The second kappa shape index (κ2) is 8.31. The fourth-order valence-electron chi connectivity index (χ4n) is 3.82. The number of ether oxygens (including phenoxy) is 2. The van der Waals surface area contributed by atoms with E-state index in [4.69, 9.17) is 9.47 Å². The van der Waals surface area contributed by atoms with E-state index in [1.165, 1.54) is 10.9 Å². The van der Waals surface area contributed by atoms with Gasteiger partial charge in [-0.1, -0.05) is 0 Å². The average molecular weight is 480 g/mol. The Morgan fingerprint density at radius 3 is 2.62 bits per heavy atom. The Morgan fingerprint density at radius 2 is 1.94 bits per heavy atom. The molecule has 2 aliphatic rings. The third-order valence-corrected chi connectivity index (χ3v) is 5.66. The van der Waals surface area contributed by atoms with Gasteiger partial charge in [0.25, 0.3) is 5.91 Å². The number of aryl methyl sites for hydroxylation is 1. The van der Waals surface area contributed by atoms with Crippen molar-refractivity contribution in [2.24, 2.45) is 7.05 Å². The molecule has 4 heterocycles. The van der Waals surface area contributed by atoms with Crippen LogP contribution in [0.25, 0.3) is 0 Å². The summed E-state index contributed by atoms with van der Waals surface area (Å²) in [5.74, 6) is -1.07. The first-order chi connectivity index (χ1) is 16.2. The van der Waals surface area contributed by atoms with E-state index >= 15 is 0 Å². The van der Waals surface area contributed by atoms with Gasteiger partial charge in [-0.3, -0.25) is 14.2 Å². The van der Waals surface area contributed by atoms with Crippen LogP contribution in [0, 0.1) is 5.82 Å². The monoisotopic (exact) mass is 480 g/mol. The Hall–Kier alpha value is -3.61. The van der Waals surface area contributed by atoms with Crippen LogP contribution in [-0.4, -0.2) is 57.9 Å². The predicted molar refractivity (Wildman–Crippen MR) is 111 cm³/mol. The molecular weight excluding hydrogens is 460 g/mol. The zero-order valence-corrected chi connectivity index (χ0v) is 17.9. The topological polar surface area (TPSA) is 86.4 Å². The van der Waals surface area contributed by atoms with Crippen LogP contribution in [0.5, 0.6) is 5.75 Å². The lowest BCUT2D eigenvalue weighted by atomic mass is 10.1. The minimum absolute atomic E-state index is 0.155. The van der Waals surface area contributed by atoms with Crippen molar-refractivity contribution < 1.29 is 31.8 Å². The summed E-state index contributed by atoms with van der Waals surface area (Å²) in [5, 5.41) is 11.2. The highest BCUT2D eigenvalue weighted by Crippen LogP contribution is 2.34. The molecule has 180 valence electrons. The van der Waals surface area contributed by atoms with E-state index in [1.807, 2.05) is 4.90 Å². The Bertz CT molecular complexity index is 1210. The van der Waals surface area contributed by atoms with Gasteiger partial charge < -0.3 is 19.7 Å². The van der Waals surface area contributed by atoms with Gasteiger partial charge in [0.05, 0.1) is 56.0 Å². The minimum atomic E-state index is -4.68. The number of carbonyl (C=O) groups is 1. The van der Waals surface area contributed by atoms with E-state index in [9.17, 15) is 22.4 Å². The SMILES string of the molecule is Cn1ncc(C(=O)Nc2cnn(C3COC3)c2)c1N1CC(Oc2cc(F)cc(C(F)(F)F)c2)C1. The van der Waals surface area contributed by atoms with Crippen molar-refractivity contribution in [2.45, 2.75) is 18.3 Å². The summed E-state index contributed by atoms with van der Waals surface area (Å²) < 4.78 is 66.3. The van der Waals surface area contributed by atoms with E-state index < -0.39 is 23.7 Å². The molecule has 0 aliphatic carbocycles. The molecule has 2 aliphatic heterocycles. The van der Waals surface area contributed by atoms with E-state index in [0.29, 0.717) is 36.3 Å². The molecule has 3 aromatic rings. The smallest absolute Gasteiger partial charge is 0.416 e. The van der Waals surface area contributed by atoms with Crippen LogP contribution in [0.1, 0.15) is 22.0 Å². The lowest BCUT2D eigenvalue weighted by Gasteiger charge is -2.40. The first-order valence-electron chi connectivity index (χ1n) is 10.4. The number of anilines is 2. The molecule has 9 nitrogen and oxygen atoms in total. The fraction of sp³-hybridized carbons (Fsp3) is 0.381. The number of hydrogen-bond acceptors (Lipinski definition) is 6. The number of amides is 1. The van der Waals surface area contributed by atoms with Crippen LogP contribution in [-0.2, 0) is 18.0 Å². The molecule has 1 aromatic carbocycles. The summed E-state index contributed by atoms with van der Waals surface area (Å²) in [6.45, 7) is 1.73. The average Bonchev–Trinajstić information content (AvgIpc) is 3.28. The predicted octanol–water partition coefficient (Wildman–Crippen LogP) is 2.87. The van der Waals surface area contributed by atoms with Crippen molar-refractivity contribution in [3.8, 4) is 5.75 Å². The second-order valence-corrected chi connectivity index (χ2v) is 8.18. The number of halogens is 4. The third kappa shape index (κ3) is 4.30. The Labute approximate surface area is 190 Å². The number of nitrogens with one attached hydrogen (secondary N) is 1. The molecular formula is C21H20F4N6O3. The Morgan fingerprint density at radius 1 is 1.18 bits per heavy atom. The number of carbonyl (C=O) groups excluding carboxylic acids is 1. The zero-order chi connectivity index (χ0) is 24.0. The molecule has 2 fully saturated rings. The van der Waals surface area contributed by atoms with Crippen LogP contribution < -0.4 is 15.0 Å². The molecule has 0 bridgehead atoms. The molecule has 1 amide bonds. The summed E-state index contributed by atoms with van der Waals surface area (Å²) >= 11 is 0. The molecule has 2 aromatic heterocycles. The third-order valence-electron chi connectivity index (χ3n) is 5.66. The van der Waals surface area contributed by atoms with Crippen molar-refractivity contribution in [1.29, 1.82) is 0 Å². The van der Waals surface area contributed by atoms with Crippen molar-refractivity contribution >= 4 is 17.4 Å². The maximum atomic E-state index is 13.6. The number of hydrogen-bond donors (Lipinski definition) is 1. The maximum absolute atomic E-state index is 13.6. The van der Waals surface area contributed by atoms with Gasteiger partial charge in [-0.15, -0.1) is 0 Å². The van der Waals surface area contributed by atoms with Crippen LogP contribution >= 0.6 is 0 Å². The van der Waals surface area contributed by atoms with E-state index in [2.05, 4.69) is 15.5 Å². The van der Waals surface area contributed by atoms with Gasteiger partial charge in [-0.05, 0) is 12.1 Å². The molecule has 1 N–H and O–H groups in total. The van der Waals surface area contributed by atoms with Crippen molar-refractivity contribution in [2.75, 3.05) is 36.5 Å². The summed E-state index contributed by atoms with van der Waals surface area (Å²) in [7, 11) is 1.68. The van der Waals surface area contributed by atoms with Crippen LogP contribution in [0.15, 0.2) is 36.8 Å². The van der Waals surface area contributed by atoms with Gasteiger partial charge in [-0.25, -0.2) is 4.39 Å². The van der Waals surface area contributed by atoms with Crippen LogP contribution in [0.2, 0.25) is 0 Å². The number of alkyl halides is 3. The molecule has 0 saturated carbocycles. The molecule has 0 spiro atoms. The van der Waals surface area contributed by atoms with Crippen LogP contribution in [0.3, 0.4) is 0 Å². The van der Waals surface area contributed by atoms with Crippen molar-refractivity contribution in [1.82, 2.24) is 19.6 Å². The molecule has 0 unspecified atom stereocenters. The minimum Gasteiger partial charge on any atom is -0.487 e. The summed E-state index contributed by atoms with van der Waals surface area (Å²) in [5.41, 5.74) is -0.258. The molecule has 0 radical (unpaired) electrons. The summed E-state index contributed by atoms with van der Waals surface area (Å²) in [6, 6.07) is 2.26. The standard InChI is InChI=1S/C21H20F4N6O3/c1-29-20(18(6-26-29)19(32)28-14-5-27-31(7-14)15-10-33-11-15)30-8-17(9-30)34-16-3-12(21(23,24)25)2-13(22)4-16/h2-7,15,17H,8-11H2,1H3,(H,28,32). The lowest BCUT2D eigenvalue weighted by molar-refractivity contribution is -0.137. The van der Waals surface area contributed by atoms with E-state index in [0.717, 1.165) is 12.1 Å². The highest BCUT2D eigenvalue weighted by Gasteiger charge is 2.35. The number of rotatable bonds is 6. The highest BCUT2D eigenvalue weighted by molar-refractivity contribution is 6.07. The molecule has 34 heavy (non-hydrogen) atoms. The maximum Gasteiger partial charge on any atom is 0.416 e. The Balaban J connectivity index is 1.23. The molecule has 13 heteroatoms. The normalized spacial score (nSPS) is 16.8. The first-order valence-corrected chi connectivity index (χ1v) is 10.4. The van der Waals surface area contributed by atoms with E-state index in [-0.39, 0.29) is 30.8 Å². The Kier molecular flexibility index (Phi) is 5.42. The summed E-state index contributed by atoms with van der Waals surface area (Å²) in [6.07, 6.45) is -0.441. The highest BCUT2D eigenvalue weighted by atomic mass is 19.4. The lowest BCUT2D eigenvalue weighted by Crippen LogP contribution is -2.55.